The van der Waals surface area contributed by atoms with Crippen LogP contribution in [0.1, 0.15) is 11.4 Å². The first-order valence-corrected chi connectivity index (χ1v) is 6.09. The van der Waals surface area contributed by atoms with E-state index in [0.717, 1.165) is 5.56 Å². The SMILES string of the molecule is Cc1nc(Oc2cccc(CN)c2)cc2n[nH]c(=O)n12. The van der Waals surface area contributed by atoms with Gasteiger partial charge in [-0.2, -0.15) is 10.1 Å². The van der Waals surface area contributed by atoms with Gasteiger partial charge in [-0.15, -0.1) is 0 Å². The number of aryl methyl sites for hydroxylation is 1. The Morgan fingerprint density at radius 3 is 3.05 bits per heavy atom. The highest BCUT2D eigenvalue weighted by atomic mass is 16.5. The van der Waals surface area contributed by atoms with Crippen molar-refractivity contribution in [1.82, 2.24) is 19.6 Å². The van der Waals surface area contributed by atoms with Gasteiger partial charge in [-0.25, -0.2) is 14.3 Å². The molecule has 20 heavy (non-hydrogen) atoms. The van der Waals surface area contributed by atoms with Gasteiger partial charge in [0, 0.05) is 12.6 Å². The summed E-state index contributed by atoms with van der Waals surface area (Å²) < 4.78 is 7.06. The lowest BCUT2D eigenvalue weighted by Gasteiger charge is -2.07. The molecule has 0 spiro atoms. The van der Waals surface area contributed by atoms with Gasteiger partial charge in [0.15, 0.2) is 5.65 Å². The Labute approximate surface area is 114 Å². The van der Waals surface area contributed by atoms with Gasteiger partial charge in [-0.3, -0.25) is 0 Å². The minimum atomic E-state index is -0.318. The third-order valence-corrected chi connectivity index (χ3v) is 2.90. The Morgan fingerprint density at radius 2 is 2.25 bits per heavy atom. The van der Waals surface area contributed by atoms with E-state index in [0.29, 0.717) is 29.6 Å². The molecule has 0 bridgehead atoms. The Hall–Kier alpha value is -2.67. The molecule has 0 fully saturated rings. The van der Waals surface area contributed by atoms with Crippen molar-refractivity contribution in [3.05, 3.63) is 52.2 Å². The van der Waals surface area contributed by atoms with Gasteiger partial charge >= 0.3 is 5.69 Å². The van der Waals surface area contributed by atoms with E-state index in [4.69, 9.17) is 10.5 Å². The van der Waals surface area contributed by atoms with Gasteiger partial charge < -0.3 is 10.5 Å². The molecule has 7 heteroatoms. The fourth-order valence-electron chi connectivity index (χ4n) is 1.98. The maximum absolute atomic E-state index is 11.5. The molecular formula is C13H13N5O2. The lowest BCUT2D eigenvalue weighted by atomic mass is 10.2. The van der Waals surface area contributed by atoms with E-state index in [1.54, 1.807) is 13.0 Å². The third kappa shape index (κ3) is 2.14. The van der Waals surface area contributed by atoms with Crippen molar-refractivity contribution < 1.29 is 4.74 Å². The molecule has 102 valence electrons. The van der Waals surface area contributed by atoms with Crippen molar-refractivity contribution in [2.24, 2.45) is 5.73 Å². The number of H-pyrrole nitrogens is 1. The van der Waals surface area contributed by atoms with Crippen molar-refractivity contribution in [3.8, 4) is 11.6 Å². The zero-order valence-corrected chi connectivity index (χ0v) is 10.8. The van der Waals surface area contributed by atoms with Crippen molar-refractivity contribution in [3.63, 3.8) is 0 Å². The maximum atomic E-state index is 11.5. The van der Waals surface area contributed by atoms with Gasteiger partial charge in [0.25, 0.3) is 0 Å². The highest BCUT2D eigenvalue weighted by molar-refractivity contribution is 5.42. The largest absolute Gasteiger partial charge is 0.439 e. The van der Waals surface area contributed by atoms with Crippen molar-refractivity contribution in [1.29, 1.82) is 0 Å². The van der Waals surface area contributed by atoms with Crippen LogP contribution in [0.4, 0.5) is 0 Å². The molecule has 3 N–H and O–H groups in total. The molecule has 0 aliphatic carbocycles. The van der Waals surface area contributed by atoms with Crippen LogP contribution in [0.5, 0.6) is 11.6 Å². The number of ether oxygens (including phenoxy) is 1. The summed E-state index contributed by atoms with van der Waals surface area (Å²) in [6, 6.07) is 9.04. The minimum Gasteiger partial charge on any atom is -0.439 e. The molecule has 3 rings (SSSR count). The normalized spacial score (nSPS) is 10.9. The summed E-state index contributed by atoms with van der Waals surface area (Å²) >= 11 is 0. The first-order chi connectivity index (χ1) is 9.67. The standard InChI is InChI=1S/C13H13N5O2/c1-8-15-12(6-11-16-17-13(19)18(8)11)20-10-4-2-3-9(5-10)7-14/h2-6H,7,14H2,1H3,(H,17,19). The van der Waals surface area contributed by atoms with E-state index >= 15 is 0 Å². The van der Waals surface area contributed by atoms with Gasteiger partial charge in [-0.05, 0) is 24.6 Å². The van der Waals surface area contributed by atoms with Crippen LogP contribution in [0.25, 0.3) is 5.65 Å². The summed E-state index contributed by atoms with van der Waals surface area (Å²) in [7, 11) is 0. The second-order valence-corrected chi connectivity index (χ2v) is 4.32. The van der Waals surface area contributed by atoms with E-state index in [1.165, 1.54) is 4.40 Å². The first-order valence-electron chi connectivity index (χ1n) is 6.09. The van der Waals surface area contributed by atoms with Crippen LogP contribution in [-0.4, -0.2) is 19.6 Å². The molecule has 2 heterocycles. The highest BCUT2D eigenvalue weighted by Crippen LogP contribution is 2.21. The minimum absolute atomic E-state index is 0.318. The molecule has 7 nitrogen and oxygen atoms in total. The molecule has 0 saturated carbocycles. The zero-order valence-electron chi connectivity index (χ0n) is 10.8. The number of hydrogen-bond acceptors (Lipinski definition) is 5. The molecule has 0 aliphatic rings. The number of benzene rings is 1. The maximum Gasteiger partial charge on any atom is 0.349 e. The third-order valence-electron chi connectivity index (χ3n) is 2.90. The van der Waals surface area contributed by atoms with Crippen LogP contribution in [-0.2, 0) is 6.54 Å². The molecule has 0 saturated heterocycles. The average molecular weight is 271 g/mol. The van der Waals surface area contributed by atoms with E-state index in [2.05, 4.69) is 15.2 Å². The summed E-state index contributed by atoms with van der Waals surface area (Å²) in [6.07, 6.45) is 0. The number of fused-ring (bicyclic) bond motifs is 1. The topological polar surface area (TPSA) is 98.3 Å². The van der Waals surface area contributed by atoms with Crippen molar-refractivity contribution in [2.75, 3.05) is 0 Å². The van der Waals surface area contributed by atoms with Gasteiger partial charge in [-0.1, -0.05) is 12.1 Å². The second kappa shape index (κ2) is 4.78. The Morgan fingerprint density at radius 1 is 1.40 bits per heavy atom. The summed E-state index contributed by atoms with van der Waals surface area (Å²) in [5, 5.41) is 6.27. The highest BCUT2D eigenvalue weighted by Gasteiger charge is 2.08. The quantitative estimate of drug-likeness (QED) is 0.739. The van der Waals surface area contributed by atoms with Crippen LogP contribution in [0.15, 0.2) is 35.1 Å². The van der Waals surface area contributed by atoms with Gasteiger partial charge in [0.1, 0.15) is 11.6 Å². The number of rotatable bonds is 3. The Balaban J connectivity index is 2.00. The van der Waals surface area contributed by atoms with Crippen LogP contribution >= 0.6 is 0 Å². The number of nitrogens with one attached hydrogen (secondary N) is 1. The predicted octanol–water partition coefficient (Wildman–Crippen LogP) is 0.977. The summed E-state index contributed by atoms with van der Waals surface area (Å²) in [5.74, 6) is 1.52. The van der Waals surface area contributed by atoms with Gasteiger partial charge in [0.05, 0.1) is 0 Å². The average Bonchev–Trinajstić information content (AvgIpc) is 2.81. The molecule has 0 unspecified atom stereocenters. The summed E-state index contributed by atoms with van der Waals surface area (Å²) in [5.41, 5.74) is 6.71. The van der Waals surface area contributed by atoms with E-state index in [-0.39, 0.29) is 5.69 Å². The Bertz CT molecular complexity index is 821. The molecule has 1 aromatic carbocycles. The summed E-state index contributed by atoms with van der Waals surface area (Å²) in [4.78, 5) is 15.7. The van der Waals surface area contributed by atoms with E-state index in [9.17, 15) is 4.79 Å². The molecule has 0 amide bonds. The first kappa shape index (κ1) is 12.4. The lowest BCUT2D eigenvalue weighted by molar-refractivity contribution is 0.459. The smallest absolute Gasteiger partial charge is 0.349 e. The molecular weight excluding hydrogens is 258 g/mol. The zero-order chi connectivity index (χ0) is 14.1. The van der Waals surface area contributed by atoms with Crippen LogP contribution in [0, 0.1) is 6.92 Å². The number of aromatic amines is 1. The molecule has 0 radical (unpaired) electrons. The van der Waals surface area contributed by atoms with Crippen LogP contribution in [0.2, 0.25) is 0 Å². The van der Waals surface area contributed by atoms with E-state index in [1.807, 2.05) is 24.3 Å². The monoisotopic (exact) mass is 271 g/mol. The number of nitrogens with zero attached hydrogens (tertiary/aromatic N) is 3. The van der Waals surface area contributed by atoms with Crippen molar-refractivity contribution in [2.45, 2.75) is 13.5 Å². The number of aromatic nitrogens is 4. The van der Waals surface area contributed by atoms with Crippen LogP contribution < -0.4 is 16.2 Å². The fraction of sp³-hybridized carbons (Fsp3) is 0.154. The van der Waals surface area contributed by atoms with E-state index < -0.39 is 0 Å². The summed E-state index contributed by atoms with van der Waals surface area (Å²) in [6.45, 7) is 2.16. The Kier molecular flexibility index (Phi) is 2.96. The number of hydrogen-bond donors (Lipinski definition) is 2. The fourth-order valence-corrected chi connectivity index (χ4v) is 1.98. The lowest BCUT2D eigenvalue weighted by Crippen LogP contribution is -2.13. The number of nitrogens with two attached hydrogens (primary N) is 1. The molecule has 2 aromatic heterocycles. The molecule has 3 aromatic rings. The van der Waals surface area contributed by atoms with Gasteiger partial charge in [0.2, 0.25) is 5.88 Å². The van der Waals surface area contributed by atoms with Crippen LogP contribution in [0.3, 0.4) is 0 Å². The van der Waals surface area contributed by atoms with Crippen molar-refractivity contribution >= 4 is 5.65 Å². The predicted molar refractivity (Wildman–Crippen MR) is 72.8 cm³/mol. The molecule has 0 aliphatic heterocycles. The molecule has 0 atom stereocenters. The second-order valence-electron chi connectivity index (χ2n) is 4.32.